The molecule has 1 unspecified atom stereocenters. The molecule has 1 aromatic rings. The Kier molecular flexibility index (Phi) is 6.93. The molecule has 148 valence electrons. The molecular weight excluding hydrogens is 356 g/mol. The summed E-state index contributed by atoms with van der Waals surface area (Å²) in [5.74, 6) is -0.215. The van der Waals surface area contributed by atoms with Crippen LogP contribution in [-0.2, 0) is 6.42 Å². The fourth-order valence-corrected chi connectivity index (χ4v) is 5.47. The summed E-state index contributed by atoms with van der Waals surface area (Å²) < 4.78 is 0. The van der Waals surface area contributed by atoms with E-state index in [0.717, 1.165) is 38.5 Å². The summed E-state index contributed by atoms with van der Waals surface area (Å²) in [4.78, 5) is 12.6. The first-order chi connectivity index (χ1) is 13.0. The Morgan fingerprint density at radius 3 is 2.85 bits per heavy atom. The molecule has 2 aliphatic rings. The van der Waals surface area contributed by atoms with Crippen LogP contribution in [0.5, 0.6) is 0 Å². The number of hydrogen-bond donors (Lipinski definition) is 2. The van der Waals surface area contributed by atoms with Gasteiger partial charge in [0.05, 0.1) is 6.10 Å². The van der Waals surface area contributed by atoms with Crippen LogP contribution < -0.4 is 0 Å². The van der Waals surface area contributed by atoms with E-state index < -0.39 is 5.97 Å². The van der Waals surface area contributed by atoms with E-state index in [0.29, 0.717) is 10.8 Å². The van der Waals surface area contributed by atoms with Gasteiger partial charge >= 0.3 is 5.97 Å². The third-order valence-corrected chi connectivity index (χ3v) is 7.78. The van der Waals surface area contributed by atoms with Gasteiger partial charge in [0, 0.05) is 4.88 Å². The monoisotopic (exact) mass is 388 g/mol. The third kappa shape index (κ3) is 4.91. The van der Waals surface area contributed by atoms with Gasteiger partial charge < -0.3 is 10.2 Å². The van der Waals surface area contributed by atoms with Gasteiger partial charge in [0.2, 0.25) is 0 Å². The van der Waals surface area contributed by atoms with E-state index in [9.17, 15) is 9.90 Å². The minimum atomic E-state index is -0.827. The summed E-state index contributed by atoms with van der Waals surface area (Å²) in [5, 5.41) is 19.6. The highest BCUT2D eigenvalue weighted by atomic mass is 32.1. The molecule has 3 nitrogen and oxygen atoms in total. The average Bonchev–Trinajstić information content (AvgIpc) is 3.24. The zero-order valence-electron chi connectivity index (χ0n) is 16.3. The first-order valence-electron chi connectivity index (χ1n) is 10.4. The molecule has 2 N–H and O–H groups in total. The highest BCUT2D eigenvalue weighted by Crippen LogP contribution is 2.47. The lowest BCUT2D eigenvalue weighted by molar-refractivity contribution is -0.0354. The Labute approximate surface area is 166 Å². The summed E-state index contributed by atoms with van der Waals surface area (Å²) >= 11 is 1.40. The standard InChI is InChI=1S/C23H32O3S/c1-2-23(15-6-16-23)21(24)12-5-10-18-8-3-7-17(18)9-4-11-19-13-14-20(27-19)22(25)26/h5,8,10,13-14,17,21,24H,2-4,6-7,9,11-12,15-16H2,1H3,(H,25,26)/b10-5+/t17-,21?/m1/s1. The summed E-state index contributed by atoms with van der Waals surface area (Å²) in [5.41, 5.74) is 1.61. The van der Waals surface area contributed by atoms with Gasteiger partial charge in [-0.1, -0.05) is 31.6 Å². The second-order valence-electron chi connectivity index (χ2n) is 8.17. The molecule has 0 radical (unpaired) electrons. The van der Waals surface area contributed by atoms with E-state index >= 15 is 0 Å². The molecule has 0 amide bonds. The van der Waals surface area contributed by atoms with Gasteiger partial charge in [-0.2, -0.15) is 0 Å². The molecule has 4 heteroatoms. The quantitative estimate of drug-likeness (QED) is 0.517. The second-order valence-corrected chi connectivity index (χ2v) is 9.33. The van der Waals surface area contributed by atoms with Gasteiger partial charge in [-0.05, 0) is 86.8 Å². The van der Waals surface area contributed by atoms with Gasteiger partial charge in [0.15, 0.2) is 0 Å². The van der Waals surface area contributed by atoms with Gasteiger partial charge in [0.25, 0.3) is 0 Å². The predicted octanol–water partition coefficient (Wildman–Crippen LogP) is 5.99. The number of aliphatic hydroxyl groups excluding tert-OH is 1. The molecular formula is C23H32O3S. The molecule has 0 bridgehead atoms. The first kappa shape index (κ1) is 20.3. The van der Waals surface area contributed by atoms with E-state index in [-0.39, 0.29) is 11.5 Å². The number of rotatable bonds is 10. The van der Waals surface area contributed by atoms with Crippen LogP contribution in [0.3, 0.4) is 0 Å². The number of aliphatic hydroxyl groups is 1. The number of hydrogen-bond acceptors (Lipinski definition) is 3. The summed E-state index contributed by atoms with van der Waals surface area (Å²) in [6, 6.07) is 3.66. The van der Waals surface area contributed by atoms with Crippen molar-refractivity contribution in [3.63, 3.8) is 0 Å². The molecule has 0 spiro atoms. The predicted molar refractivity (Wildman–Crippen MR) is 111 cm³/mol. The Morgan fingerprint density at radius 2 is 2.22 bits per heavy atom. The number of aromatic carboxylic acids is 1. The van der Waals surface area contributed by atoms with Crippen molar-refractivity contribution >= 4 is 17.3 Å². The highest BCUT2D eigenvalue weighted by Gasteiger charge is 2.40. The zero-order chi connectivity index (χ0) is 19.3. The van der Waals surface area contributed by atoms with Gasteiger partial charge in [0.1, 0.15) is 4.88 Å². The summed E-state index contributed by atoms with van der Waals surface area (Å²) in [6.45, 7) is 2.20. The first-order valence-corrected chi connectivity index (χ1v) is 11.2. The van der Waals surface area contributed by atoms with Crippen LogP contribution >= 0.6 is 11.3 Å². The van der Waals surface area contributed by atoms with Crippen molar-refractivity contribution in [2.24, 2.45) is 11.3 Å². The van der Waals surface area contributed by atoms with Crippen molar-refractivity contribution in [3.05, 3.63) is 45.7 Å². The smallest absolute Gasteiger partial charge is 0.345 e. The Bertz CT molecular complexity index is 691. The Balaban J connectivity index is 1.43. The number of carboxylic acids is 1. The van der Waals surface area contributed by atoms with Gasteiger partial charge in [-0.15, -0.1) is 11.3 Å². The van der Waals surface area contributed by atoms with E-state index in [1.165, 1.54) is 47.5 Å². The van der Waals surface area contributed by atoms with Crippen LogP contribution in [0.1, 0.15) is 79.3 Å². The molecule has 0 saturated heterocycles. The number of carbonyl (C=O) groups is 1. The van der Waals surface area contributed by atoms with Gasteiger partial charge in [-0.25, -0.2) is 4.79 Å². The molecule has 0 aliphatic heterocycles. The van der Waals surface area contributed by atoms with Crippen molar-refractivity contribution in [2.75, 3.05) is 0 Å². The minimum absolute atomic E-state index is 0.184. The fraction of sp³-hybridized carbons (Fsp3) is 0.609. The maximum Gasteiger partial charge on any atom is 0.345 e. The molecule has 1 aromatic heterocycles. The molecule has 3 rings (SSSR count). The maximum atomic E-state index is 11.0. The van der Waals surface area contributed by atoms with Crippen molar-refractivity contribution in [3.8, 4) is 0 Å². The highest BCUT2D eigenvalue weighted by molar-refractivity contribution is 7.13. The average molecular weight is 389 g/mol. The molecule has 1 fully saturated rings. The Hall–Kier alpha value is -1.39. The molecule has 27 heavy (non-hydrogen) atoms. The topological polar surface area (TPSA) is 57.5 Å². The van der Waals surface area contributed by atoms with Gasteiger partial charge in [-0.3, -0.25) is 0 Å². The summed E-state index contributed by atoms with van der Waals surface area (Å²) in [6.07, 6.45) is 17.6. The molecule has 2 aliphatic carbocycles. The lowest BCUT2D eigenvalue weighted by Gasteiger charge is -2.45. The van der Waals surface area contributed by atoms with Crippen LogP contribution in [0.25, 0.3) is 0 Å². The third-order valence-electron chi connectivity index (χ3n) is 6.64. The molecule has 1 heterocycles. The lowest BCUT2D eigenvalue weighted by atomic mass is 9.63. The normalized spacial score (nSPS) is 22.6. The molecule has 1 saturated carbocycles. The van der Waals surface area contributed by atoms with Crippen molar-refractivity contribution in [1.29, 1.82) is 0 Å². The van der Waals surface area contributed by atoms with E-state index in [2.05, 4.69) is 25.2 Å². The van der Waals surface area contributed by atoms with Crippen molar-refractivity contribution in [2.45, 2.75) is 77.2 Å². The van der Waals surface area contributed by atoms with E-state index in [1.807, 2.05) is 6.07 Å². The van der Waals surface area contributed by atoms with Crippen molar-refractivity contribution in [1.82, 2.24) is 0 Å². The fourth-order valence-electron chi connectivity index (χ4n) is 4.59. The maximum absolute atomic E-state index is 11.0. The zero-order valence-corrected chi connectivity index (χ0v) is 17.1. The largest absolute Gasteiger partial charge is 0.477 e. The lowest BCUT2D eigenvalue weighted by Crippen LogP contribution is -2.40. The minimum Gasteiger partial charge on any atom is -0.477 e. The van der Waals surface area contributed by atoms with Crippen LogP contribution in [0.15, 0.2) is 35.9 Å². The SMILES string of the molecule is CCC1(C(O)C/C=C/C2=CCC[C@@H]2CCCc2ccc(C(=O)O)s2)CCC1. The number of allylic oxidation sites excluding steroid dienone is 3. The van der Waals surface area contributed by atoms with E-state index in [4.69, 9.17) is 5.11 Å². The van der Waals surface area contributed by atoms with Crippen molar-refractivity contribution < 1.29 is 15.0 Å². The molecule has 2 atom stereocenters. The number of carboxylic acid groups (broad SMARTS) is 1. The van der Waals surface area contributed by atoms with E-state index in [1.54, 1.807) is 6.07 Å². The van der Waals surface area contributed by atoms with Crippen LogP contribution in [0.4, 0.5) is 0 Å². The number of aryl methyl sites for hydroxylation is 1. The van der Waals surface area contributed by atoms with Crippen LogP contribution in [-0.4, -0.2) is 22.3 Å². The number of thiophene rings is 1. The second kappa shape index (κ2) is 9.20. The van der Waals surface area contributed by atoms with Crippen LogP contribution in [0.2, 0.25) is 0 Å². The molecule has 0 aromatic carbocycles. The van der Waals surface area contributed by atoms with Crippen LogP contribution in [0, 0.1) is 11.3 Å². The Morgan fingerprint density at radius 1 is 1.41 bits per heavy atom. The summed E-state index contributed by atoms with van der Waals surface area (Å²) in [7, 11) is 0.